The first-order chi connectivity index (χ1) is 14.8. The quantitative estimate of drug-likeness (QED) is 0.509. The van der Waals surface area contributed by atoms with Gasteiger partial charge in [0.05, 0.1) is 12.2 Å². The number of nitrogens with zero attached hydrogens (tertiary/aromatic N) is 2. The molecule has 1 spiro atoms. The highest BCUT2D eigenvalue weighted by molar-refractivity contribution is 6.07. The first kappa shape index (κ1) is 23.6. The summed E-state index contributed by atoms with van der Waals surface area (Å²) in [7, 11) is 0. The van der Waals surface area contributed by atoms with Gasteiger partial charge in [-0.3, -0.25) is 4.79 Å². The van der Waals surface area contributed by atoms with E-state index in [0.29, 0.717) is 62.1 Å². The molecule has 1 N–H and O–H groups in total. The lowest BCUT2D eigenvalue weighted by Gasteiger charge is -2.38. The average molecular weight is 436 g/mol. The first-order valence-electron chi connectivity index (χ1n) is 11.6. The second-order valence-corrected chi connectivity index (χ2v) is 9.38. The standard InChI is InChI=1S/C23H37N3O5/c1-5-30-22(29)26-11-7-23(8-12-26)19(18(4)21(28)31-23)20(27)24-9-6-10-25-14-16(2)13-17(3)15-25/h16-17H,5-15H2,1-4H3,(H,24,27)/t16-,17-/m0/s1. The van der Waals surface area contributed by atoms with Gasteiger partial charge in [-0.25, -0.2) is 9.59 Å². The van der Waals surface area contributed by atoms with E-state index in [2.05, 4.69) is 24.1 Å². The maximum Gasteiger partial charge on any atom is 0.409 e. The number of amides is 2. The second kappa shape index (κ2) is 10.0. The Morgan fingerprint density at radius 1 is 1.19 bits per heavy atom. The van der Waals surface area contributed by atoms with E-state index in [1.165, 1.54) is 6.42 Å². The maximum absolute atomic E-state index is 13.0. The van der Waals surface area contributed by atoms with Crippen LogP contribution in [0.4, 0.5) is 4.79 Å². The third kappa shape index (κ3) is 5.40. The van der Waals surface area contributed by atoms with Crippen LogP contribution in [0.5, 0.6) is 0 Å². The van der Waals surface area contributed by atoms with Gasteiger partial charge in [0.2, 0.25) is 0 Å². The molecule has 0 aromatic heterocycles. The Balaban J connectivity index is 1.54. The number of hydrogen-bond acceptors (Lipinski definition) is 6. The molecule has 3 rings (SSSR count). The highest BCUT2D eigenvalue weighted by atomic mass is 16.6. The molecule has 3 heterocycles. The lowest BCUT2D eigenvalue weighted by atomic mass is 9.83. The van der Waals surface area contributed by atoms with Crippen LogP contribution in [0.1, 0.15) is 53.4 Å². The molecule has 174 valence electrons. The lowest BCUT2D eigenvalue weighted by Crippen LogP contribution is -2.50. The van der Waals surface area contributed by atoms with Crippen molar-refractivity contribution in [3.8, 4) is 0 Å². The average Bonchev–Trinajstić information content (AvgIpc) is 2.94. The van der Waals surface area contributed by atoms with Gasteiger partial charge >= 0.3 is 12.1 Å². The second-order valence-electron chi connectivity index (χ2n) is 9.38. The van der Waals surface area contributed by atoms with Crippen molar-refractivity contribution in [2.75, 3.05) is 45.9 Å². The molecule has 2 fully saturated rings. The number of esters is 1. The fourth-order valence-electron chi connectivity index (χ4n) is 5.31. The Labute approximate surface area is 185 Å². The molecular formula is C23H37N3O5. The molecular weight excluding hydrogens is 398 g/mol. The zero-order chi connectivity index (χ0) is 22.6. The molecule has 0 aromatic rings. The van der Waals surface area contributed by atoms with E-state index in [4.69, 9.17) is 9.47 Å². The lowest BCUT2D eigenvalue weighted by molar-refractivity contribution is -0.150. The number of carbonyl (C=O) groups excluding carboxylic acids is 3. The largest absolute Gasteiger partial charge is 0.450 e. The number of likely N-dealkylation sites (tertiary alicyclic amines) is 2. The molecule has 0 radical (unpaired) electrons. The van der Waals surface area contributed by atoms with Crippen LogP contribution in [0.3, 0.4) is 0 Å². The molecule has 0 saturated carbocycles. The molecule has 0 bridgehead atoms. The van der Waals surface area contributed by atoms with Gasteiger partial charge in [-0.1, -0.05) is 13.8 Å². The predicted molar refractivity (Wildman–Crippen MR) is 116 cm³/mol. The molecule has 0 aromatic carbocycles. The van der Waals surface area contributed by atoms with Gasteiger partial charge in [0.25, 0.3) is 5.91 Å². The molecule has 31 heavy (non-hydrogen) atoms. The zero-order valence-electron chi connectivity index (χ0n) is 19.4. The minimum absolute atomic E-state index is 0.228. The minimum atomic E-state index is -0.939. The van der Waals surface area contributed by atoms with Crippen molar-refractivity contribution in [2.45, 2.75) is 59.0 Å². The van der Waals surface area contributed by atoms with Crippen molar-refractivity contribution < 1.29 is 23.9 Å². The van der Waals surface area contributed by atoms with Crippen LogP contribution in [0.2, 0.25) is 0 Å². The Morgan fingerprint density at radius 3 is 2.45 bits per heavy atom. The Morgan fingerprint density at radius 2 is 1.84 bits per heavy atom. The van der Waals surface area contributed by atoms with E-state index >= 15 is 0 Å². The summed E-state index contributed by atoms with van der Waals surface area (Å²) in [6, 6.07) is 0. The minimum Gasteiger partial charge on any atom is -0.450 e. The molecule has 2 atom stereocenters. The molecule has 0 unspecified atom stereocenters. The number of piperidine rings is 2. The molecule has 0 aliphatic carbocycles. The Hall–Kier alpha value is -2.09. The summed E-state index contributed by atoms with van der Waals surface area (Å²) < 4.78 is 10.7. The Bertz CT molecular complexity index is 717. The van der Waals surface area contributed by atoms with Crippen molar-refractivity contribution in [3.05, 3.63) is 11.1 Å². The van der Waals surface area contributed by atoms with Crippen molar-refractivity contribution in [3.63, 3.8) is 0 Å². The van der Waals surface area contributed by atoms with E-state index < -0.39 is 11.6 Å². The fraction of sp³-hybridized carbons (Fsp3) is 0.783. The molecule has 2 amide bonds. The highest BCUT2D eigenvalue weighted by Gasteiger charge is 2.51. The van der Waals surface area contributed by atoms with Crippen LogP contribution in [0.15, 0.2) is 11.1 Å². The predicted octanol–water partition coefficient (Wildman–Crippen LogP) is 2.34. The zero-order valence-corrected chi connectivity index (χ0v) is 19.4. The SMILES string of the molecule is CCOC(=O)N1CCC2(CC1)OC(=O)C(C)=C2C(=O)NCCCN1C[C@@H](C)C[C@H](C)C1. The van der Waals surface area contributed by atoms with E-state index in [1.54, 1.807) is 18.7 Å². The Kier molecular flexibility index (Phi) is 7.62. The number of ether oxygens (including phenoxy) is 2. The van der Waals surface area contributed by atoms with Crippen molar-refractivity contribution in [1.29, 1.82) is 0 Å². The number of carbonyl (C=O) groups is 3. The summed E-state index contributed by atoms with van der Waals surface area (Å²) >= 11 is 0. The number of nitrogens with one attached hydrogen (secondary N) is 1. The fourth-order valence-corrected chi connectivity index (χ4v) is 5.31. The number of hydrogen-bond donors (Lipinski definition) is 1. The van der Waals surface area contributed by atoms with Gasteiger partial charge in [0.15, 0.2) is 0 Å². The summed E-state index contributed by atoms with van der Waals surface area (Å²) in [5.41, 5.74) is -0.131. The highest BCUT2D eigenvalue weighted by Crippen LogP contribution is 2.41. The van der Waals surface area contributed by atoms with E-state index in [-0.39, 0.29) is 12.0 Å². The van der Waals surface area contributed by atoms with Gasteiger partial charge in [-0.05, 0) is 45.1 Å². The topological polar surface area (TPSA) is 88.2 Å². The van der Waals surface area contributed by atoms with Crippen LogP contribution in [0.25, 0.3) is 0 Å². The normalized spacial score (nSPS) is 26.2. The summed E-state index contributed by atoms with van der Waals surface area (Å²) in [6.45, 7) is 12.9. The third-order valence-corrected chi connectivity index (χ3v) is 6.63. The van der Waals surface area contributed by atoms with E-state index in [0.717, 1.165) is 26.1 Å². The molecule has 2 saturated heterocycles. The molecule has 8 nitrogen and oxygen atoms in total. The summed E-state index contributed by atoms with van der Waals surface area (Å²) in [5, 5.41) is 3.00. The van der Waals surface area contributed by atoms with Crippen LogP contribution in [-0.4, -0.2) is 79.2 Å². The van der Waals surface area contributed by atoms with Crippen molar-refractivity contribution >= 4 is 18.0 Å². The molecule has 8 heteroatoms. The summed E-state index contributed by atoms with van der Waals surface area (Å²) in [6.07, 6.45) is 2.60. The maximum atomic E-state index is 13.0. The van der Waals surface area contributed by atoms with E-state index in [1.807, 2.05) is 0 Å². The van der Waals surface area contributed by atoms with Gasteiger partial charge in [0.1, 0.15) is 5.60 Å². The first-order valence-corrected chi connectivity index (χ1v) is 11.6. The molecule has 3 aliphatic rings. The van der Waals surface area contributed by atoms with Crippen LogP contribution in [-0.2, 0) is 19.1 Å². The van der Waals surface area contributed by atoms with Crippen LogP contribution in [0, 0.1) is 11.8 Å². The van der Waals surface area contributed by atoms with E-state index in [9.17, 15) is 14.4 Å². The summed E-state index contributed by atoms with van der Waals surface area (Å²) in [4.78, 5) is 41.4. The third-order valence-electron chi connectivity index (χ3n) is 6.63. The van der Waals surface area contributed by atoms with Crippen molar-refractivity contribution in [1.82, 2.24) is 15.1 Å². The van der Waals surface area contributed by atoms with Gasteiger partial charge in [-0.15, -0.1) is 0 Å². The summed E-state index contributed by atoms with van der Waals surface area (Å²) in [5.74, 6) is 0.764. The van der Waals surface area contributed by atoms with Gasteiger partial charge in [-0.2, -0.15) is 0 Å². The van der Waals surface area contributed by atoms with Crippen LogP contribution >= 0.6 is 0 Å². The monoisotopic (exact) mass is 435 g/mol. The van der Waals surface area contributed by atoms with Gasteiger partial charge < -0.3 is 24.6 Å². The van der Waals surface area contributed by atoms with Gasteiger partial charge in [0, 0.05) is 51.1 Å². The van der Waals surface area contributed by atoms with Crippen molar-refractivity contribution in [2.24, 2.45) is 11.8 Å². The van der Waals surface area contributed by atoms with Crippen LogP contribution < -0.4 is 5.32 Å². The number of rotatable bonds is 6. The molecule has 3 aliphatic heterocycles. The smallest absolute Gasteiger partial charge is 0.409 e.